The molecule has 0 unspecified atom stereocenters. The number of hydrogen-bond donors (Lipinski definition) is 3. The maximum atomic E-state index is 3.07. The van der Waals surface area contributed by atoms with Gasteiger partial charge in [-0.05, 0) is 42.3 Å². The van der Waals surface area contributed by atoms with Gasteiger partial charge in [-0.3, -0.25) is 31.0 Å². The summed E-state index contributed by atoms with van der Waals surface area (Å²) in [6.07, 6.45) is 0. The second kappa shape index (κ2) is 6.30. The maximum Gasteiger partial charge on any atom is 0.445 e. The van der Waals surface area contributed by atoms with Gasteiger partial charge in [-0.15, -0.1) is 0 Å². The van der Waals surface area contributed by atoms with Crippen LogP contribution in [0.25, 0.3) is 0 Å². The van der Waals surface area contributed by atoms with Crippen molar-refractivity contribution in [1.29, 1.82) is 0 Å². The van der Waals surface area contributed by atoms with Crippen molar-refractivity contribution in [3.63, 3.8) is 0 Å². The van der Waals surface area contributed by atoms with E-state index in [4.69, 9.17) is 0 Å². The second-order valence-electron chi connectivity index (χ2n) is 2.85. The van der Waals surface area contributed by atoms with E-state index in [1.165, 1.54) is 0 Å². The summed E-state index contributed by atoms with van der Waals surface area (Å²) >= 11 is 0. The van der Waals surface area contributed by atoms with Crippen LogP contribution < -0.4 is 16.3 Å². The lowest BCUT2D eigenvalue weighted by molar-refractivity contribution is 0.244. The first kappa shape index (κ1) is 12.8. The summed E-state index contributed by atoms with van der Waals surface area (Å²) in [6.45, 7) is 0. The van der Waals surface area contributed by atoms with Gasteiger partial charge in [0, 0.05) is 0 Å². The quantitative estimate of drug-likeness (QED) is 0.336. The van der Waals surface area contributed by atoms with Crippen LogP contribution in [0.15, 0.2) is 0 Å². The molecule has 0 rings (SSSR count). The van der Waals surface area contributed by atoms with E-state index in [1.54, 1.807) is 0 Å². The number of hydrogen-bond acceptors (Lipinski definition) is 6. The second-order valence-corrected chi connectivity index (χ2v) is 2.85. The van der Waals surface area contributed by atoms with Crippen LogP contribution in [-0.2, 0) is 0 Å². The molecule has 0 aromatic carbocycles. The van der Waals surface area contributed by atoms with E-state index in [1.807, 2.05) is 57.0 Å². The molecule has 0 heterocycles. The average Bonchev–Trinajstić information content (AvgIpc) is 2.16. The molecule has 0 amide bonds. The number of nitrogens with one attached hydrogen (secondary N) is 3. The summed E-state index contributed by atoms with van der Waals surface area (Å²) in [5.41, 5.74) is 9.20. The van der Waals surface area contributed by atoms with Crippen molar-refractivity contribution < 1.29 is 0 Å². The Morgan fingerprint density at radius 1 is 0.692 bits per heavy atom. The highest BCUT2D eigenvalue weighted by atomic mass is 15.6. The first-order valence-electron chi connectivity index (χ1n) is 4.29. The number of nitrogens with zero attached hydrogens (tertiary/aromatic N) is 3. The average molecular weight is 188 g/mol. The van der Waals surface area contributed by atoms with E-state index in [2.05, 4.69) is 16.3 Å². The van der Waals surface area contributed by atoms with Crippen molar-refractivity contribution in [2.45, 2.75) is 0 Å². The first-order valence-corrected chi connectivity index (χ1v) is 4.29. The van der Waals surface area contributed by atoms with Crippen LogP contribution in [0.2, 0.25) is 0 Å². The summed E-state index contributed by atoms with van der Waals surface area (Å²) < 4.78 is 0. The lowest BCUT2D eigenvalue weighted by Gasteiger charge is -2.35. The molecule has 0 aromatic heterocycles. The third kappa shape index (κ3) is 3.59. The van der Waals surface area contributed by atoms with Gasteiger partial charge in [0.05, 0.1) is 0 Å². The van der Waals surface area contributed by atoms with Crippen LogP contribution in [0.3, 0.4) is 0 Å². The van der Waals surface area contributed by atoms with Gasteiger partial charge in [0.1, 0.15) is 0 Å². The van der Waals surface area contributed by atoms with Gasteiger partial charge in [-0.25, -0.2) is 0 Å². The summed E-state index contributed by atoms with van der Waals surface area (Å²) in [5.74, 6) is 0. The molecule has 7 heteroatoms. The predicted octanol–water partition coefficient (Wildman–Crippen LogP) is -1.83. The van der Waals surface area contributed by atoms with Crippen LogP contribution in [0.4, 0.5) is 0 Å². The van der Waals surface area contributed by atoms with Gasteiger partial charge in [0.15, 0.2) is 0 Å². The molecule has 0 aromatic rings. The Morgan fingerprint density at radius 2 is 0.923 bits per heavy atom. The van der Waals surface area contributed by atoms with E-state index in [-0.39, 0.29) is 7.12 Å². The Bertz CT molecular complexity index is 111. The third-order valence-electron chi connectivity index (χ3n) is 2.10. The van der Waals surface area contributed by atoms with Crippen molar-refractivity contribution in [3.8, 4) is 0 Å². The first-order chi connectivity index (χ1) is 6.08. The molecular formula is C6H21BN6. The smallest absolute Gasteiger partial charge is 0.267 e. The Balaban J connectivity index is 4.34. The highest BCUT2D eigenvalue weighted by Crippen LogP contribution is 1.93. The Kier molecular flexibility index (Phi) is 6.22. The maximum absolute atomic E-state index is 3.07. The highest BCUT2D eigenvalue weighted by molar-refractivity contribution is 6.48. The molecule has 0 aliphatic heterocycles. The summed E-state index contributed by atoms with van der Waals surface area (Å²) in [6, 6.07) is 0. The number of hydrazine groups is 3. The molecule has 0 fully saturated rings. The topological polar surface area (TPSA) is 45.8 Å². The van der Waals surface area contributed by atoms with Crippen molar-refractivity contribution in [1.82, 2.24) is 31.0 Å². The van der Waals surface area contributed by atoms with Gasteiger partial charge in [0.25, 0.3) is 0 Å². The lowest BCUT2D eigenvalue weighted by atomic mass is 9.91. The van der Waals surface area contributed by atoms with Crippen molar-refractivity contribution in [3.05, 3.63) is 0 Å². The van der Waals surface area contributed by atoms with E-state index in [0.29, 0.717) is 0 Å². The fourth-order valence-electron chi connectivity index (χ4n) is 1.13. The van der Waals surface area contributed by atoms with Crippen LogP contribution in [0, 0.1) is 0 Å². The molecule has 0 bridgehead atoms. The summed E-state index contributed by atoms with van der Waals surface area (Å²) in [5, 5.41) is 0. The third-order valence-corrected chi connectivity index (χ3v) is 2.10. The van der Waals surface area contributed by atoms with Crippen LogP contribution in [0.1, 0.15) is 0 Å². The standard InChI is InChI=1S/C6H21BN6/c1-8-11(4)7(12(5)9-2)13(6)10-3/h8-10H,1-6H3. The molecule has 0 radical (unpaired) electrons. The molecule has 3 N–H and O–H groups in total. The van der Waals surface area contributed by atoms with Crippen LogP contribution in [-0.4, -0.2) is 64.2 Å². The minimum atomic E-state index is 0.0972. The Hall–Kier alpha value is -0.175. The zero-order chi connectivity index (χ0) is 10.4. The summed E-state index contributed by atoms with van der Waals surface area (Å²) in [7, 11) is 11.7. The number of rotatable bonds is 6. The minimum absolute atomic E-state index is 0.0972. The molecule has 0 aliphatic carbocycles. The van der Waals surface area contributed by atoms with Gasteiger partial charge in [-0.1, -0.05) is 0 Å². The monoisotopic (exact) mass is 188 g/mol. The molecule has 0 saturated carbocycles. The van der Waals surface area contributed by atoms with Crippen molar-refractivity contribution in [2.24, 2.45) is 0 Å². The van der Waals surface area contributed by atoms with Crippen LogP contribution >= 0.6 is 0 Å². The molecule has 0 atom stereocenters. The van der Waals surface area contributed by atoms with Gasteiger partial charge < -0.3 is 0 Å². The Labute approximate surface area is 81.3 Å². The fourth-order valence-corrected chi connectivity index (χ4v) is 1.13. The molecule has 0 spiro atoms. The SMILES string of the molecule is CNN(C)B(N(C)NC)N(C)NC. The molecular weight excluding hydrogens is 167 g/mol. The van der Waals surface area contributed by atoms with Gasteiger partial charge in [-0.2, -0.15) is 0 Å². The minimum Gasteiger partial charge on any atom is -0.267 e. The van der Waals surface area contributed by atoms with Crippen LogP contribution in [0.5, 0.6) is 0 Å². The van der Waals surface area contributed by atoms with Gasteiger partial charge >= 0.3 is 7.12 Å². The lowest BCUT2D eigenvalue weighted by Crippen LogP contribution is -2.67. The van der Waals surface area contributed by atoms with E-state index in [0.717, 1.165) is 0 Å². The van der Waals surface area contributed by atoms with Crippen molar-refractivity contribution in [2.75, 3.05) is 42.3 Å². The predicted molar refractivity (Wildman–Crippen MR) is 56.2 cm³/mol. The van der Waals surface area contributed by atoms with Gasteiger partial charge in [0.2, 0.25) is 0 Å². The largest absolute Gasteiger partial charge is 0.445 e. The molecule has 13 heavy (non-hydrogen) atoms. The molecule has 0 saturated heterocycles. The Morgan fingerprint density at radius 3 is 1.08 bits per heavy atom. The molecule has 0 aliphatic rings. The molecule has 78 valence electrons. The van der Waals surface area contributed by atoms with E-state index >= 15 is 0 Å². The summed E-state index contributed by atoms with van der Waals surface area (Å²) in [4.78, 5) is 5.94. The zero-order valence-electron chi connectivity index (χ0n) is 9.42. The van der Waals surface area contributed by atoms with E-state index < -0.39 is 0 Å². The van der Waals surface area contributed by atoms with Crippen molar-refractivity contribution >= 4 is 7.12 Å². The molecule has 6 nitrogen and oxygen atoms in total. The normalized spacial score (nSPS) is 11.8. The fraction of sp³-hybridized carbons (Fsp3) is 1.00. The van der Waals surface area contributed by atoms with E-state index in [9.17, 15) is 0 Å². The highest BCUT2D eigenvalue weighted by Gasteiger charge is 2.29. The zero-order valence-corrected chi connectivity index (χ0v) is 9.42.